The van der Waals surface area contributed by atoms with E-state index in [0.717, 1.165) is 14.8 Å². The lowest BCUT2D eigenvalue weighted by Crippen LogP contribution is -2.26. The number of nitrogens with one attached hydrogen (secondary N) is 1. The third-order valence-electron chi connectivity index (χ3n) is 4.07. The molecule has 0 bridgehead atoms. The predicted octanol–water partition coefficient (Wildman–Crippen LogP) is 3.47. The molecule has 140 valence electrons. The summed E-state index contributed by atoms with van der Waals surface area (Å²) in [5.74, 6) is 0.995. The Morgan fingerprint density at radius 1 is 1.15 bits per heavy atom. The van der Waals surface area contributed by atoms with E-state index in [1.807, 2.05) is 47.4 Å². The first-order valence-corrected chi connectivity index (χ1v) is 9.49. The van der Waals surface area contributed by atoms with Gasteiger partial charge >= 0.3 is 0 Å². The van der Waals surface area contributed by atoms with Crippen LogP contribution < -0.4 is 14.8 Å². The summed E-state index contributed by atoms with van der Waals surface area (Å²) in [6.45, 7) is 0.518. The standard InChI is InChI=1S/C20H20IN3O3/c1-26-18-10-16(17(21)11-19(18)27-2)20(25)22-9-8-14-12-23-24(13-14)15-6-4-3-5-7-15/h3-7,10-13H,8-9H2,1-2H3,(H,22,25). The van der Waals surface area contributed by atoms with E-state index in [4.69, 9.17) is 9.47 Å². The van der Waals surface area contributed by atoms with Crippen LogP contribution in [0.5, 0.6) is 11.5 Å². The van der Waals surface area contributed by atoms with Crippen LogP contribution in [0, 0.1) is 3.57 Å². The lowest BCUT2D eigenvalue weighted by molar-refractivity contribution is 0.0953. The van der Waals surface area contributed by atoms with Gasteiger partial charge in [-0.15, -0.1) is 0 Å². The van der Waals surface area contributed by atoms with E-state index in [-0.39, 0.29) is 5.91 Å². The van der Waals surface area contributed by atoms with Crippen molar-refractivity contribution >= 4 is 28.5 Å². The molecule has 0 aliphatic carbocycles. The summed E-state index contributed by atoms with van der Waals surface area (Å²) < 4.78 is 13.2. The molecule has 2 aromatic carbocycles. The molecule has 1 heterocycles. The van der Waals surface area contributed by atoms with E-state index in [2.05, 4.69) is 33.0 Å². The van der Waals surface area contributed by atoms with Crippen LogP contribution in [0.2, 0.25) is 0 Å². The first-order valence-electron chi connectivity index (χ1n) is 8.41. The Labute approximate surface area is 171 Å². The maximum atomic E-state index is 12.5. The number of hydrogen-bond donors (Lipinski definition) is 1. The summed E-state index contributed by atoms with van der Waals surface area (Å²) in [7, 11) is 3.13. The summed E-state index contributed by atoms with van der Waals surface area (Å²) in [6.07, 6.45) is 4.49. The molecule has 0 saturated carbocycles. The number of aromatic nitrogens is 2. The number of para-hydroxylation sites is 1. The normalized spacial score (nSPS) is 10.5. The molecule has 0 saturated heterocycles. The average Bonchev–Trinajstić information content (AvgIpc) is 3.17. The highest BCUT2D eigenvalue weighted by Crippen LogP contribution is 2.31. The lowest BCUT2D eigenvalue weighted by atomic mass is 10.2. The van der Waals surface area contributed by atoms with Crippen molar-refractivity contribution in [3.8, 4) is 17.2 Å². The fourth-order valence-corrected chi connectivity index (χ4v) is 3.34. The minimum atomic E-state index is -0.143. The summed E-state index contributed by atoms with van der Waals surface area (Å²) in [5, 5.41) is 7.32. The molecule has 1 N–H and O–H groups in total. The highest BCUT2D eigenvalue weighted by atomic mass is 127. The molecule has 7 heteroatoms. The van der Waals surface area contributed by atoms with E-state index < -0.39 is 0 Å². The second-order valence-corrected chi connectivity index (χ2v) is 6.98. The van der Waals surface area contributed by atoms with Crippen LogP contribution in [0.15, 0.2) is 54.9 Å². The fraction of sp³-hybridized carbons (Fsp3) is 0.200. The van der Waals surface area contributed by atoms with Gasteiger partial charge < -0.3 is 14.8 Å². The number of carbonyl (C=O) groups is 1. The maximum absolute atomic E-state index is 12.5. The van der Waals surface area contributed by atoms with Gasteiger partial charge in [0.05, 0.1) is 31.7 Å². The molecule has 1 amide bonds. The zero-order valence-corrected chi connectivity index (χ0v) is 17.3. The minimum Gasteiger partial charge on any atom is -0.493 e. The van der Waals surface area contributed by atoms with Gasteiger partial charge in [0.1, 0.15) is 0 Å². The van der Waals surface area contributed by atoms with Crippen molar-refractivity contribution in [2.75, 3.05) is 20.8 Å². The number of amides is 1. The molecule has 0 unspecified atom stereocenters. The van der Waals surface area contributed by atoms with Crippen molar-refractivity contribution in [1.29, 1.82) is 0 Å². The summed E-state index contributed by atoms with van der Waals surface area (Å²) >= 11 is 2.12. The number of methoxy groups -OCH3 is 2. The number of carbonyl (C=O) groups excluding carboxylic acids is 1. The van der Waals surface area contributed by atoms with Crippen molar-refractivity contribution in [1.82, 2.24) is 15.1 Å². The van der Waals surface area contributed by atoms with E-state index in [1.54, 1.807) is 26.4 Å². The molecule has 6 nitrogen and oxygen atoms in total. The average molecular weight is 477 g/mol. The molecular weight excluding hydrogens is 457 g/mol. The quantitative estimate of drug-likeness (QED) is 0.530. The van der Waals surface area contributed by atoms with E-state index >= 15 is 0 Å². The molecule has 0 aliphatic heterocycles. The number of rotatable bonds is 7. The first kappa shape index (κ1) is 19.2. The van der Waals surface area contributed by atoms with Crippen molar-refractivity contribution in [2.45, 2.75) is 6.42 Å². The summed E-state index contributed by atoms with van der Waals surface area (Å²) in [6, 6.07) is 13.4. The molecule has 3 rings (SSSR count). The highest BCUT2D eigenvalue weighted by molar-refractivity contribution is 14.1. The second-order valence-electron chi connectivity index (χ2n) is 5.82. The Balaban J connectivity index is 1.61. The lowest BCUT2D eigenvalue weighted by Gasteiger charge is -2.12. The number of benzene rings is 2. The van der Waals surface area contributed by atoms with Gasteiger partial charge in [-0.2, -0.15) is 5.10 Å². The SMILES string of the molecule is COc1cc(I)c(C(=O)NCCc2cnn(-c3ccccc3)c2)cc1OC. The van der Waals surface area contributed by atoms with Crippen LogP contribution in [-0.2, 0) is 6.42 Å². The van der Waals surface area contributed by atoms with Gasteiger partial charge in [0.15, 0.2) is 11.5 Å². The molecule has 27 heavy (non-hydrogen) atoms. The van der Waals surface area contributed by atoms with Crippen LogP contribution >= 0.6 is 22.6 Å². The molecule has 0 spiro atoms. The Kier molecular flexibility index (Phi) is 6.33. The second kappa shape index (κ2) is 8.90. The van der Waals surface area contributed by atoms with Crippen molar-refractivity contribution in [2.24, 2.45) is 0 Å². The Hall–Kier alpha value is -2.55. The number of hydrogen-bond acceptors (Lipinski definition) is 4. The smallest absolute Gasteiger partial charge is 0.252 e. The summed E-state index contributed by atoms with van der Waals surface area (Å²) in [5.41, 5.74) is 2.63. The van der Waals surface area contributed by atoms with Gasteiger partial charge in [0.25, 0.3) is 5.91 Å². The van der Waals surface area contributed by atoms with Gasteiger partial charge in [-0.25, -0.2) is 4.68 Å². The van der Waals surface area contributed by atoms with Crippen LogP contribution in [0.4, 0.5) is 0 Å². The zero-order chi connectivity index (χ0) is 19.2. The molecular formula is C20H20IN3O3. The number of nitrogens with zero attached hydrogens (tertiary/aromatic N) is 2. The number of halogens is 1. The molecule has 0 aliphatic rings. The molecule has 0 radical (unpaired) electrons. The van der Waals surface area contributed by atoms with Crippen LogP contribution in [0.1, 0.15) is 15.9 Å². The van der Waals surface area contributed by atoms with Crippen LogP contribution in [0.25, 0.3) is 5.69 Å². The van der Waals surface area contributed by atoms with Gasteiger partial charge in [0.2, 0.25) is 0 Å². The molecule has 0 fully saturated rings. The van der Waals surface area contributed by atoms with Crippen molar-refractivity contribution < 1.29 is 14.3 Å². The topological polar surface area (TPSA) is 65.4 Å². The highest BCUT2D eigenvalue weighted by Gasteiger charge is 2.15. The van der Waals surface area contributed by atoms with Gasteiger partial charge in [-0.3, -0.25) is 4.79 Å². The van der Waals surface area contributed by atoms with E-state index in [0.29, 0.717) is 30.0 Å². The van der Waals surface area contributed by atoms with Gasteiger partial charge in [-0.05, 0) is 58.8 Å². The van der Waals surface area contributed by atoms with Gasteiger partial charge in [-0.1, -0.05) is 18.2 Å². The zero-order valence-electron chi connectivity index (χ0n) is 15.1. The van der Waals surface area contributed by atoms with Crippen LogP contribution in [-0.4, -0.2) is 36.5 Å². The van der Waals surface area contributed by atoms with Crippen molar-refractivity contribution in [3.63, 3.8) is 0 Å². The van der Waals surface area contributed by atoms with Crippen molar-refractivity contribution in [3.05, 3.63) is 69.6 Å². The Morgan fingerprint density at radius 3 is 2.56 bits per heavy atom. The number of ether oxygens (including phenoxy) is 2. The minimum absolute atomic E-state index is 0.143. The molecule has 3 aromatic rings. The van der Waals surface area contributed by atoms with E-state index in [9.17, 15) is 4.79 Å². The maximum Gasteiger partial charge on any atom is 0.252 e. The predicted molar refractivity (Wildman–Crippen MR) is 112 cm³/mol. The Morgan fingerprint density at radius 2 is 1.85 bits per heavy atom. The fourth-order valence-electron chi connectivity index (χ4n) is 2.65. The monoisotopic (exact) mass is 477 g/mol. The van der Waals surface area contributed by atoms with Crippen LogP contribution in [0.3, 0.4) is 0 Å². The molecule has 0 atom stereocenters. The van der Waals surface area contributed by atoms with E-state index in [1.165, 1.54) is 0 Å². The third kappa shape index (κ3) is 4.60. The van der Waals surface area contributed by atoms with Gasteiger partial charge in [0, 0.05) is 16.3 Å². The molecule has 1 aromatic heterocycles. The summed E-state index contributed by atoms with van der Waals surface area (Å²) in [4.78, 5) is 12.5. The third-order valence-corrected chi connectivity index (χ3v) is 4.97. The largest absolute Gasteiger partial charge is 0.493 e. The first-order chi connectivity index (χ1) is 13.1. The Bertz CT molecular complexity index is 925.